The highest BCUT2D eigenvalue weighted by molar-refractivity contribution is 6.09. The molecule has 1 heterocycles. The minimum Gasteiger partial charge on any atom is -0.455 e. The summed E-state index contributed by atoms with van der Waals surface area (Å²) < 4.78 is 6.58. The summed E-state index contributed by atoms with van der Waals surface area (Å²) in [6.07, 6.45) is 7.05. The predicted octanol–water partition coefficient (Wildman–Crippen LogP) is 14.8. The number of furan rings is 1. The fourth-order valence-corrected chi connectivity index (χ4v) is 13.4. The Labute approximate surface area is 334 Å². The summed E-state index contributed by atoms with van der Waals surface area (Å²) in [5.74, 6) is 3.35. The molecule has 1 aromatic heterocycles. The van der Waals surface area contributed by atoms with Crippen LogP contribution in [0.1, 0.15) is 68.2 Å². The van der Waals surface area contributed by atoms with Gasteiger partial charge in [0.25, 0.3) is 0 Å². The molecule has 6 aliphatic rings. The minimum atomic E-state index is -0.102. The highest BCUT2D eigenvalue weighted by atomic mass is 16.3. The van der Waals surface area contributed by atoms with Crippen LogP contribution in [0.4, 0.5) is 17.1 Å². The van der Waals surface area contributed by atoms with Gasteiger partial charge in [0.05, 0.1) is 0 Å². The van der Waals surface area contributed by atoms with Crippen molar-refractivity contribution in [3.8, 4) is 33.4 Å². The molecule has 0 saturated heterocycles. The van der Waals surface area contributed by atoms with Crippen molar-refractivity contribution in [2.24, 2.45) is 23.7 Å². The molecule has 1 spiro atoms. The zero-order valence-electron chi connectivity index (χ0n) is 32.6. The Morgan fingerprint density at radius 2 is 1.05 bits per heavy atom. The van der Waals surface area contributed by atoms with Crippen molar-refractivity contribution in [1.82, 2.24) is 0 Å². The van der Waals surface area contributed by atoms with Gasteiger partial charge in [-0.25, -0.2) is 0 Å². The Morgan fingerprint density at radius 1 is 0.456 bits per heavy atom. The predicted molar refractivity (Wildman–Crippen MR) is 235 cm³/mol. The molecule has 276 valence electrons. The van der Waals surface area contributed by atoms with Gasteiger partial charge in [-0.3, -0.25) is 0 Å². The van der Waals surface area contributed by atoms with Crippen LogP contribution in [0.25, 0.3) is 55.3 Å². The summed E-state index contributed by atoms with van der Waals surface area (Å²) in [6, 6.07) is 57.3. The Bertz CT molecular complexity index is 2950. The molecule has 7 aromatic carbocycles. The normalized spacial score (nSPS) is 24.2. The Kier molecular flexibility index (Phi) is 6.44. The summed E-state index contributed by atoms with van der Waals surface area (Å²) in [5.41, 5.74) is 19.3. The number of fused-ring (bicyclic) bond motifs is 9. The fraction of sp³-hybridized carbons (Fsp3) is 0.236. The third-order valence-electron chi connectivity index (χ3n) is 15.4. The van der Waals surface area contributed by atoms with Crippen molar-refractivity contribution in [1.29, 1.82) is 0 Å². The van der Waals surface area contributed by atoms with Gasteiger partial charge in [0.15, 0.2) is 0 Å². The quantitative estimate of drug-likeness (QED) is 0.179. The molecule has 6 aliphatic carbocycles. The van der Waals surface area contributed by atoms with E-state index in [4.69, 9.17) is 4.42 Å². The topological polar surface area (TPSA) is 16.4 Å². The van der Waals surface area contributed by atoms with Gasteiger partial charge in [-0.05, 0) is 148 Å². The summed E-state index contributed by atoms with van der Waals surface area (Å²) in [4.78, 5) is 2.52. The van der Waals surface area contributed by atoms with Crippen LogP contribution in [0.5, 0.6) is 0 Å². The van der Waals surface area contributed by atoms with E-state index in [1.54, 1.807) is 11.1 Å². The Morgan fingerprint density at radius 3 is 1.88 bits per heavy atom. The van der Waals surface area contributed by atoms with E-state index in [-0.39, 0.29) is 10.8 Å². The first kappa shape index (κ1) is 32.2. The van der Waals surface area contributed by atoms with Gasteiger partial charge in [0.1, 0.15) is 11.2 Å². The third-order valence-corrected chi connectivity index (χ3v) is 15.4. The highest BCUT2D eigenvalue weighted by Crippen LogP contribution is 2.69. The van der Waals surface area contributed by atoms with Crippen molar-refractivity contribution in [3.63, 3.8) is 0 Å². The molecule has 0 radical (unpaired) electrons. The third kappa shape index (κ3) is 4.26. The van der Waals surface area contributed by atoms with Crippen LogP contribution in [-0.4, -0.2) is 0 Å². The standard InChI is InChI=1S/C55H45NO/c1-54(2)48-18-6-3-13-42(48)44-23-21-40(32-51(44)54)56(38-12-9-11-35(30-38)41-16-10-17-46-45-15-5-8-20-52(45)57-53(41)46)39-22-24-50-47(31-39)43-14-4-7-19-49(43)55(50)36-26-33-25-34(28-36)29-37(55)27-33/h3-24,30-34,36-37H,25-29H2,1-2H3. The number of para-hydroxylation sites is 2. The minimum absolute atomic E-state index is 0.102. The van der Waals surface area contributed by atoms with Crippen LogP contribution in [0.15, 0.2) is 156 Å². The molecule has 0 atom stereocenters. The van der Waals surface area contributed by atoms with E-state index < -0.39 is 0 Å². The smallest absolute Gasteiger partial charge is 0.143 e. The second-order valence-corrected chi connectivity index (χ2v) is 18.5. The molecule has 4 bridgehead atoms. The lowest BCUT2D eigenvalue weighted by Gasteiger charge is -2.61. The summed E-state index contributed by atoms with van der Waals surface area (Å²) in [5, 5.41) is 2.31. The molecule has 2 nitrogen and oxygen atoms in total. The van der Waals surface area contributed by atoms with Crippen molar-refractivity contribution < 1.29 is 4.42 Å². The lowest BCUT2D eigenvalue weighted by atomic mass is 9.43. The molecule has 0 amide bonds. The van der Waals surface area contributed by atoms with Crippen molar-refractivity contribution in [2.45, 2.75) is 56.8 Å². The molecular weight excluding hydrogens is 691 g/mol. The lowest BCUT2D eigenvalue weighted by Crippen LogP contribution is -2.55. The van der Waals surface area contributed by atoms with E-state index in [2.05, 4.69) is 170 Å². The number of hydrogen-bond donors (Lipinski definition) is 0. The molecule has 4 saturated carbocycles. The van der Waals surface area contributed by atoms with Gasteiger partial charge in [0, 0.05) is 44.2 Å². The molecular formula is C55H45NO. The second kappa shape index (κ2) is 11.4. The maximum absolute atomic E-state index is 6.58. The SMILES string of the molecule is CC1(C)c2ccccc2-c2ccc(N(c3cccc(-c4cccc5c4oc4ccccc45)c3)c3ccc4c(c3)-c3ccccc3C43C4CC5CC(C4)CC3C5)cc21. The van der Waals surface area contributed by atoms with Gasteiger partial charge in [-0.2, -0.15) is 0 Å². The molecule has 14 rings (SSSR count). The van der Waals surface area contributed by atoms with Gasteiger partial charge in [0.2, 0.25) is 0 Å². The van der Waals surface area contributed by atoms with E-state index >= 15 is 0 Å². The van der Waals surface area contributed by atoms with E-state index in [9.17, 15) is 0 Å². The van der Waals surface area contributed by atoms with E-state index in [0.29, 0.717) is 0 Å². The van der Waals surface area contributed by atoms with Crippen LogP contribution in [-0.2, 0) is 10.8 Å². The average molecular weight is 736 g/mol. The number of nitrogens with zero attached hydrogens (tertiary/aromatic N) is 1. The summed E-state index contributed by atoms with van der Waals surface area (Å²) in [6.45, 7) is 4.77. The van der Waals surface area contributed by atoms with Crippen molar-refractivity contribution >= 4 is 39.0 Å². The zero-order chi connectivity index (χ0) is 37.6. The maximum atomic E-state index is 6.58. The highest BCUT2D eigenvalue weighted by Gasteiger charge is 2.61. The number of hydrogen-bond acceptors (Lipinski definition) is 2. The number of anilines is 3. The van der Waals surface area contributed by atoms with Gasteiger partial charge in [-0.15, -0.1) is 0 Å². The van der Waals surface area contributed by atoms with Crippen LogP contribution in [0, 0.1) is 23.7 Å². The van der Waals surface area contributed by atoms with E-state index in [0.717, 1.165) is 62.4 Å². The van der Waals surface area contributed by atoms with E-state index in [1.165, 1.54) is 76.9 Å². The molecule has 4 fully saturated rings. The monoisotopic (exact) mass is 735 g/mol. The summed E-state index contributed by atoms with van der Waals surface area (Å²) in [7, 11) is 0. The van der Waals surface area contributed by atoms with Gasteiger partial charge < -0.3 is 9.32 Å². The Hall–Kier alpha value is -5.86. The zero-order valence-corrected chi connectivity index (χ0v) is 32.6. The first-order valence-corrected chi connectivity index (χ1v) is 21.3. The molecule has 0 unspecified atom stereocenters. The van der Waals surface area contributed by atoms with Crippen LogP contribution >= 0.6 is 0 Å². The Balaban J connectivity index is 1.01. The number of rotatable bonds is 4. The van der Waals surface area contributed by atoms with Crippen LogP contribution < -0.4 is 4.90 Å². The summed E-state index contributed by atoms with van der Waals surface area (Å²) >= 11 is 0. The van der Waals surface area contributed by atoms with Gasteiger partial charge in [-0.1, -0.05) is 123 Å². The lowest BCUT2D eigenvalue weighted by molar-refractivity contribution is -0.0399. The fourth-order valence-electron chi connectivity index (χ4n) is 13.4. The van der Waals surface area contributed by atoms with Crippen LogP contribution in [0.3, 0.4) is 0 Å². The first-order valence-electron chi connectivity index (χ1n) is 21.3. The molecule has 2 heteroatoms. The maximum Gasteiger partial charge on any atom is 0.143 e. The van der Waals surface area contributed by atoms with Crippen molar-refractivity contribution in [3.05, 3.63) is 174 Å². The van der Waals surface area contributed by atoms with Gasteiger partial charge >= 0.3 is 0 Å². The van der Waals surface area contributed by atoms with E-state index in [1.807, 2.05) is 0 Å². The molecule has 0 aliphatic heterocycles. The van der Waals surface area contributed by atoms with Crippen molar-refractivity contribution in [2.75, 3.05) is 4.90 Å². The van der Waals surface area contributed by atoms with Crippen LogP contribution in [0.2, 0.25) is 0 Å². The molecule has 57 heavy (non-hydrogen) atoms. The first-order chi connectivity index (χ1) is 28.0. The second-order valence-electron chi connectivity index (χ2n) is 18.5. The average Bonchev–Trinajstić information content (AvgIpc) is 3.84. The largest absolute Gasteiger partial charge is 0.455 e. The number of benzene rings is 7. The molecule has 8 aromatic rings. The molecule has 0 N–H and O–H groups in total.